The predicted molar refractivity (Wildman–Crippen MR) is 85.4 cm³/mol. The molecule has 0 saturated heterocycles. The fourth-order valence-electron chi connectivity index (χ4n) is 2.77. The Bertz CT molecular complexity index is 868. The maximum Gasteiger partial charge on any atom is 0.280 e. The van der Waals surface area contributed by atoms with E-state index in [1.165, 1.54) is 0 Å². The fourth-order valence-corrected chi connectivity index (χ4v) is 2.77. The van der Waals surface area contributed by atoms with Gasteiger partial charge in [-0.1, -0.05) is 29.4 Å². The van der Waals surface area contributed by atoms with Crippen LogP contribution in [0.15, 0.2) is 46.5 Å². The Morgan fingerprint density at radius 3 is 2.52 bits per heavy atom. The number of nitrogens with two attached hydrogens (primary N) is 2. The van der Waals surface area contributed by atoms with Gasteiger partial charge in [-0.15, -0.1) is 0 Å². The molecule has 1 aliphatic carbocycles. The van der Waals surface area contributed by atoms with Gasteiger partial charge >= 0.3 is 0 Å². The molecule has 23 heavy (non-hydrogen) atoms. The first-order chi connectivity index (χ1) is 11.1. The molecule has 2 aromatic rings. The van der Waals surface area contributed by atoms with Gasteiger partial charge in [0, 0.05) is 16.7 Å². The molecule has 0 radical (unpaired) electrons. The zero-order valence-corrected chi connectivity index (χ0v) is 12.0. The molecule has 6 N–H and O–H groups in total. The Morgan fingerprint density at radius 1 is 1.09 bits per heavy atom. The van der Waals surface area contributed by atoms with E-state index < -0.39 is 5.91 Å². The van der Waals surface area contributed by atoms with Crippen LogP contribution in [0.2, 0.25) is 0 Å². The van der Waals surface area contributed by atoms with Crippen LogP contribution in [0.3, 0.4) is 0 Å². The van der Waals surface area contributed by atoms with Gasteiger partial charge in [-0.05, 0) is 28.8 Å². The first kappa shape index (κ1) is 14.7. The Labute approximate surface area is 131 Å². The molecular weight excluding hydrogens is 296 g/mol. The van der Waals surface area contributed by atoms with Gasteiger partial charge in [-0.2, -0.15) is 4.99 Å². The van der Waals surface area contributed by atoms with Crippen molar-refractivity contribution in [1.82, 2.24) is 0 Å². The van der Waals surface area contributed by atoms with Crippen molar-refractivity contribution in [3.8, 4) is 11.1 Å². The number of hydrogen-bond acceptors (Lipinski definition) is 4. The third-order valence-corrected chi connectivity index (χ3v) is 3.70. The number of carbonyl (C=O) groups is 1. The van der Waals surface area contributed by atoms with Crippen LogP contribution in [0.25, 0.3) is 11.1 Å². The summed E-state index contributed by atoms with van der Waals surface area (Å²) in [5.41, 5.74) is 14.6. The lowest BCUT2D eigenvalue weighted by atomic mass is 9.99. The quantitative estimate of drug-likeness (QED) is 0.240. The highest BCUT2D eigenvalue weighted by Crippen LogP contribution is 2.39. The molecule has 0 bridgehead atoms. The van der Waals surface area contributed by atoms with Crippen molar-refractivity contribution >= 4 is 17.6 Å². The number of aliphatic hydroxyl groups excluding tert-OH is 1. The SMILES string of the molecule is NC(N)=NC(=O)c1ccc2c(c1)/C(=N/O)c1cccc(CO)c1-2. The van der Waals surface area contributed by atoms with E-state index >= 15 is 0 Å². The highest BCUT2D eigenvalue weighted by atomic mass is 16.4. The van der Waals surface area contributed by atoms with E-state index in [9.17, 15) is 15.1 Å². The van der Waals surface area contributed by atoms with Gasteiger partial charge in [0.15, 0.2) is 5.96 Å². The number of hydrogen-bond donors (Lipinski definition) is 4. The van der Waals surface area contributed by atoms with Gasteiger partial charge < -0.3 is 21.8 Å². The second-order valence-corrected chi connectivity index (χ2v) is 5.05. The zero-order chi connectivity index (χ0) is 16.6. The molecule has 7 nitrogen and oxygen atoms in total. The van der Waals surface area contributed by atoms with Gasteiger partial charge in [0.1, 0.15) is 5.71 Å². The first-order valence-corrected chi connectivity index (χ1v) is 6.80. The normalized spacial score (nSPS) is 13.5. The zero-order valence-electron chi connectivity index (χ0n) is 12.0. The Morgan fingerprint density at radius 2 is 1.87 bits per heavy atom. The molecule has 0 aromatic heterocycles. The highest BCUT2D eigenvalue weighted by molar-refractivity contribution is 6.25. The van der Waals surface area contributed by atoms with Crippen LogP contribution < -0.4 is 11.5 Å². The summed E-state index contributed by atoms with van der Waals surface area (Å²) >= 11 is 0. The Kier molecular flexibility index (Phi) is 3.55. The van der Waals surface area contributed by atoms with Crippen molar-refractivity contribution in [3.63, 3.8) is 0 Å². The van der Waals surface area contributed by atoms with Crippen molar-refractivity contribution in [1.29, 1.82) is 0 Å². The summed E-state index contributed by atoms with van der Waals surface area (Å²) in [4.78, 5) is 15.5. The van der Waals surface area contributed by atoms with Crippen molar-refractivity contribution in [2.75, 3.05) is 0 Å². The summed E-state index contributed by atoms with van der Waals surface area (Å²) in [5, 5.41) is 22.2. The molecule has 7 heteroatoms. The number of benzene rings is 2. The van der Waals surface area contributed by atoms with Gasteiger partial charge in [0.25, 0.3) is 5.91 Å². The summed E-state index contributed by atoms with van der Waals surface area (Å²) in [6, 6.07) is 10.2. The third kappa shape index (κ3) is 2.33. The minimum absolute atomic E-state index is 0.143. The van der Waals surface area contributed by atoms with Crippen molar-refractivity contribution in [3.05, 3.63) is 58.7 Å². The maximum atomic E-state index is 12.0. The van der Waals surface area contributed by atoms with E-state index in [0.29, 0.717) is 22.4 Å². The molecule has 2 aromatic carbocycles. The van der Waals surface area contributed by atoms with Crippen molar-refractivity contribution in [2.24, 2.45) is 21.6 Å². The Hall–Kier alpha value is -3.19. The maximum absolute atomic E-state index is 12.0. The molecule has 1 amide bonds. The third-order valence-electron chi connectivity index (χ3n) is 3.70. The number of aliphatic imine (C=N–C) groups is 1. The second-order valence-electron chi connectivity index (χ2n) is 5.05. The lowest BCUT2D eigenvalue weighted by Gasteiger charge is -2.06. The summed E-state index contributed by atoms with van der Waals surface area (Å²) in [7, 11) is 0. The van der Waals surface area contributed by atoms with Gasteiger partial charge in [-0.25, -0.2) is 0 Å². The van der Waals surface area contributed by atoms with Gasteiger partial charge in [-0.3, -0.25) is 4.79 Å². The highest BCUT2D eigenvalue weighted by Gasteiger charge is 2.28. The van der Waals surface area contributed by atoms with E-state index in [1.807, 2.05) is 0 Å². The van der Waals surface area contributed by atoms with Crippen molar-refractivity contribution in [2.45, 2.75) is 6.61 Å². The molecule has 0 heterocycles. The smallest absolute Gasteiger partial charge is 0.280 e. The largest absolute Gasteiger partial charge is 0.410 e. The van der Waals surface area contributed by atoms with Crippen LogP contribution in [0.4, 0.5) is 0 Å². The molecule has 0 fully saturated rings. The monoisotopic (exact) mass is 310 g/mol. The van der Waals surface area contributed by atoms with Crippen LogP contribution in [-0.4, -0.2) is 27.9 Å². The number of carbonyl (C=O) groups excluding carboxylic acids is 1. The number of oxime groups is 1. The predicted octanol–water partition coefficient (Wildman–Crippen LogP) is 0.799. The summed E-state index contributed by atoms with van der Waals surface area (Å²) in [6.45, 7) is -0.143. The van der Waals surface area contributed by atoms with E-state index in [2.05, 4.69) is 10.1 Å². The van der Waals surface area contributed by atoms with E-state index in [0.717, 1.165) is 11.1 Å². The number of amides is 1. The van der Waals surface area contributed by atoms with E-state index in [-0.39, 0.29) is 18.1 Å². The minimum Gasteiger partial charge on any atom is -0.410 e. The number of guanidine groups is 1. The lowest BCUT2D eigenvalue weighted by Crippen LogP contribution is -2.24. The molecule has 0 atom stereocenters. The molecule has 1 aliphatic rings. The molecule has 116 valence electrons. The molecular formula is C16H14N4O3. The van der Waals surface area contributed by atoms with Crippen LogP contribution in [-0.2, 0) is 6.61 Å². The standard InChI is InChI=1S/C16H14N4O3/c17-16(18)19-15(22)8-4-5-10-12(6-8)14(20-23)11-3-1-2-9(7-21)13(10)11/h1-6,21,23H,7H2,(H4,17,18,19,22)/b20-14+. The lowest BCUT2D eigenvalue weighted by molar-refractivity contribution is 0.100. The van der Waals surface area contributed by atoms with Crippen LogP contribution >= 0.6 is 0 Å². The molecule has 0 saturated carbocycles. The van der Waals surface area contributed by atoms with Crippen LogP contribution in [0.1, 0.15) is 27.0 Å². The minimum atomic E-state index is -0.580. The molecule has 0 unspecified atom stereocenters. The van der Waals surface area contributed by atoms with Crippen molar-refractivity contribution < 1.29 is 15.1 Å². The molecule has 0 aliphatic heterocycles. The number of aliphatic hydroxyl groups is 1. The second kappa shape index (κ2) is 5.54. The average molecular weight is 310 g/mol. The summed E-state index contributed by atoms with van der Waals surface area (Å²) < 4.78 is 0. The first-order valence-electron chi connectivity index (χ1n) is 6.80. The topological polar surface area (TPSA) is 134 Å². The number of nitrogens with zero attached hydrogens (tertiary/aromatic N) is 2. The number of fused-ring (bicyclic) bond motifs is 3. The van der Waals surface area contributed by atoms with Crippen LogP contribution in [0, 0.1) is 0 Å². The van der Waals surface area contributed by atoms with Gasteiger partial charge in [0.2, 0.25) is 0 Å². The Balaban J connectivity index is 2.20. The van der Waals surface area contributed by atoms with Gasteiger partial charge in [0.05, 0.1) is 6.61 Å². The summed E-state index contributed by atoms with van der Waals surface area (Å²) in [6.07, 6.45) is 0. The number of rotatable bonds is 2. The average Bonchev–Trinajstić information content (AvgIpc) is 2.86. The van der Waals surface area contributed by atoms with E-state index in [4.69, 9.17) is 11.5 Å². The molecule has 0 spiro atoms. The van der Waals surface area contributed by atoms with E-state index in [1.54, 1.807) is 36.4 Å². The van der Waals surface area contributed by atoms with Crippen LogP contribution in [0.5, 0.6) is 0 Å². The summed E-state index contributed by atoms with van der Waals surface area (Å²) in [5.74, 6) is -0.902. The molecule has 3 rings (SSSR count). The fraction of sp³-hybridized carbons (Fsp3) is 0.0625.